The van der Waals surface area contributed by atoms with E-state index in [4.69, 9.17) is 5.73 Å². The summed E-state index contributed by atoms with van der Waals surface area (Å²) in [6.45, 7) is 6.69. The zero-order chi connectivity index (χ0) is 23.6. The van der Waals surface area contributed by atoms with Crippen molar-refractivity contribution in [1.82, 2.24) is 14.6 Å². The van der Waals surface area contributed by atoms with E-state index >= 15 is 0 Å². The lowest BCUT2D eigenvalue weighted by Crippen LogP contribution is -2.38. The molecule has 0 aliphatic carbocycles. The third kappa shape index (κ3) is 5.01. The predicted molar refractivity (Wildman–Crippen MR) is 135 cm³/mol. The van der Waals surface area contributed by atoms with Gasteiger partial charge in [-0.1, -0.05) is 6.92 Å². The van der Waals surface area contributed by atoms with E-state index in [1.807, 2.05) is 12.3 Å². The molecule has 0 bridgehead atoms. The number of nitrogens with one attached hydrogen (secondary N) is 2. The standard InChI is InChI=1S/C24H32N4O3S2/c1-3-9-26-14-18-5-6-22(32-18)17-12-19-21(15-27-23(19)20(13-17)24(25)29)16-7-10-28(11-8-16)33(30,31)4-2/h5-6,12-13,15-16,26-27H,3-4,7-11,14H2,1-2H3,(H2,25,29). The van der Waals surface area contributed by atoms with Gasteiger partial charge in [0, 0.05) is 41.0 Å². The number of thiophene rings is 1. The van der Waals surface area contributed by atoms with E-state index in [2.05, 4.69) is 35.4 Å². The molecule has 0 radical (unpaired) electrons. The van der Waals surface area contributed by atoms with Crippen LogP contribution in [0.4, 0.5) is 0 Å². The Morgan fingerprint density at radius 1 is 1.24 bits per heavy atom. The van der Waals surface area contributed by atoms with Gasteiger partial charge in [-0.05, 0) is 74.0 Å². The van der Waals surface area contributed by atoms with Gasteiger partial charge in [0.2, 0.25) is 10.0 Å². The van der Waals surface area contributed by atoms with E-state index in [1.165, 1.54) is 4.88 Å². The van der Waals surface area contributed by atoms with Gasteiger partial charge in [-0.15, -0.1) is 11.3 Å². The molecule has 1 amide bonds. The number of aromatic nitrogens is 1. The molecule has 3 heterocycles. The van der Waals surface area contributed by atoms with E-state index in [-0.39, 0.29) is 11.7 Å². The number of hydrogen-bond acceptors (Lipinski definition) is 5. The van der Waals surface area contributed by atoms with Gasteiger partial charge in [0.05, 0.1) is 16.8 Å². The lowest BCUT2D eigenvalue weighted by Gasteiger charge is -2.31. The number of sulfonamides is 1. The van der Waals surface area contributed by atoms with Crippen LogP contribution in [0.2, 0.25) is 0 Å². The lowest BCUT2D eigenvalue weighted by atomic mass is 9.89. The van der Waals surface area contributed by atoms with Crippen LogP contribution in [0.5, 0.6) is 0 Å². The van der Waals surface area contributed by atoms with Crippen LogP contribution in [0.25, 0.3) is 21.3 Å². The van der Waals surface area contributed by atoms with Crippen molar-refractivity contribution in [3.8, 4) is 10.4 Å². The minimum absolute atomic E-state index is 0.132. The Labute approximate surface area is 199 Å². The first-order chi connectivity index (χ1) is 15.8. The summed E-state index contributed by atoms with van der Waals surface area (Å²) in [5.74, 6) is -0.0944. The van der Waals surface area contributed by atoms with Gasteiger partial charge in [0.1, 0.15) is 0 Å². The van der Waals surface area contributed by atoms with Crippen molar-refractivity contribution in [3.05, 3.63) is 46.5 Å². The topological polar surface area (TPSA) is 108 Å². The van der Waals surface area contributed by atoms with Crippen LogP contribution in [0.15, 0.2) is 30.5 Å². The van der Waals surface area contributed by atoms with E-state index in [0.29, 0.717) is 18.7 Å². The zero-order valence-corrected chi connectivity index (χ0v) is 20.8. The highest BCUT2D eigenvalue weighted by Crippen LogP contribution is 2.38. The predicted octanol–water partition coefficient (Wildman–Crippen LogP) is 4.02. The lowest BCUT2D eigenvalue weighted by molar-refractivity contribution is 0.100. The van der Waals surface area contributed by atoms with Crippen molar-refractivity contribution < 1.29 is 13.2 Å². The van der Waals surface area contributed by atoms with E-state index in [0.717, 1.165) is 59.3 Å². The van der Waals surface area contributed by atoms with Crippen molar-refractivity contribution in [2.75, 3.05) is 25.4 Å². The average Bonchev–Trinajstić information content (AvgIpc) is 3.46. The van der Waals surface area contributed by atoms with Crippen LogP contribution in [0.3, 0.4) is 0 Å². The SMILES string of the molecule is CCCNCc1ccc(-c2cc(C(N)=O)c3[nH]cc(C4CCN(S(=O)(=O)CC)CC4)c3c2)s1. The molecule has 4 rings (SSSR count). The van der Waals surface area contributed by atoms with Gasteiger partial charge in [-0.2, -0.15) is 0 Å². The first-order valence-corrected chi connectivity index (χ1v) is 14.0. The summed E-state index contributed by atoms with van der Waals surface area (Å²) in [7, 11) is -3.16. The van der Waals surface area contributed by atoms with Crippen LogP contribution in [-0.4, -0.2) is 49.0 Å². The molecule has 1 saturated heterocycles. The highest BCUT2D eigenvalue weighted by molar-refractivity contribution is 7.89. The largest absolute Gasteiger partial charge is 0.366 e. The van der Waals surface area contributed by atoms with Crippen LogP contribution in [-0.2, 0) is 16.6 Å². The quantitative estimate of drug-likeness (QED) is 0.395. The third-order valence-corrected chi connectivity index (χ3v) is 9.43. The van der Waals surface area contributed by atoms with Crippen molar-refractivity contribution >= 4 is 38.2 Å². The number of fused-ring (bicyclic) bond motifs is 1. The second kappa shape index (κ2) is 9.97. The highest BCUT2D eigenvalue weighted by Gasteiger charge is 2.29. The molecule has 4 N–H and O–H groups in total. The van der Waals surface area contributed by atoms with Crippen LogP contribution in [0, 0.1) is 0 Å². The molecule has 1 aromatic carbocycles. The molecule has 178 valence electrons. The molecule has 1 fully saturated rings. The molecule has 0 spiro atoms. The van der Waals surface area contributed by atoms with Crippen molar-refractivity contribution in [3.63, 3.8) is 0 Å². The molecular weight excluding hydrogens is 456 g/mol. The minimum atomic E-state index is -3.16. The second-order valence-electron chi connectivity index (χ2n) is 8.57. The summed E-state index contributed by atoms with van der Waals surface area (Å²) in [5.41, 5.74) is 9.09. The van der Waals surface area contributed by atoms with Crippen molar-refractivity contribution in [2.45, 2.75) is 45.6 Å². The minimum Gasteiger partial charge on any atom is -0.366 e. The first kappa shape index (κ1) is 23.9. The van der Waals surface area contributed by atoms with Crippen LogP contribution < -0.4 is 11.1 Å². The number of rotatable bonds is 9. The van der Waals surface area contributed by atoms with Gasteiger partial charge in [-0.25, -0.2) is 12.7 Å². The number of carbonyl (C=O) groups is 1. The highest BCUT2D eigenvalue weighted by atomic mass is 32.2. The van der Waals surface area contributed by atoms with E-state index < -0.39 is 15.9 Å². The Bertz CT molecular complexity index is 1240. The number of amides is 1. The molecule has 0 saturated carbocycles. The fourth-order valence-corrected chi connectivity index (χ4v) is 6.67. The number of nitrogens with two attached hydrogens (primary N) is 1. The van der Waals surface area contributed by atoms with Gasteiger partial charge in [0.25, 0.3) is 5.91 Å². The summed E-state index contributed by atoms with van der Waals surface area (Å²) >= 11 is 1.72. The summed E-state index contributed by atoms with van der Waals surface area (Å²) < 4.78 is 26.1. The number of carbonyl (C=O) groups excluding carboxylic acids is 1. The monoisotopic (exact) mass is 488 g/mol. The molecule has 9 heteroatoms. The van der Waals surface area contributed by atoms with Gasteiger partial charge in [0.15, 0.2) is 0 Å². The Morgan fingerprint density at radius 3 is 2.67 bits per heavy atom. The number of aromatic amines is 1. The average molecular weight is 489 g/mol. The maximum absolute atomic E-state index is 12.3. The number of piperidine rings is 1. The van der Waals surface area contributed by atoms with Crippen LogP contribution in [0.1, 0.15) is 59.8 Å². The smallest absolute Gasteiger partial charge is 0.250 e. The zero-order valence-electron chi connectivity index (χ0n) is 19.2. The van der Waals surface area contributed by atoms with Gasteiger partial charge in [-0.3, -0.25) is 4.79 Å². The number of hydrogen-bond donors (Lipinski definition) is 3. The fraction of sp³-hybridized carbons (Fsp3) is 0.458. The Kier molecular flexibility index (Phi) is 7.23. The van der Waals surface area contributed by atoms with Crippen molar-refractivity contribution in [2.24, 2.45) is 5.73 Å². The summed E-state index contributed by atoms with van der Waals surface area (Å²) in [6.07, 6.45) is 4.57. The Hall–Kier alpha value is -2.20. The molecule has 3 aromatic rings. The number of benzene rings is 1. The molecule has 7 nitrogen and oxygen atoms in total. The van der Waals surface area contributed by atoms with Gasteiger partial charge >= 0.3 is 0 Å². The van der Waals surface area contributed by atoms with Crippen LogP contribution >= 0.6 is 11.3 Å². The summed E-state index contributed by atoms with van der Waals surface area (Å²) in [5, 5.41) is 4.42. The number of primary amides is 1. The Morgan fingerprint density at radius 2 is 2.00 bits per heavy atom. The van der Waals surface area contributed by atoms with E-state index in [1.54, 1.807) is 22.6 Å². The number of nitrogens with zero attached hydrogens (tertiary/aromatic N) is 1. The molecule has 2 aromatic heterocycles. The second-order valence-corrected chi connectivity index (χ2v) is 12.0. The third-order valence-electron chi connectivity index (χ3n) is 6.41. The van der Waals surface area contributed by atoms with Gasteiger partial charge < -0.3 is 16.0 Å². The summed E-state index contributed by atoms with van der Waals surface area (Å²) in [6, 6.07) is 8.23. The first-order valence-electron chi connectivity index (χ1n) is 11.6. The summed E-state index contributed by atoms with van der Waals surface area (Å²) in [4.78, 5) is 17.9. The maximum Gasteiger partial charge on any atom is 0.250 e. The van der Waals surface area contributed by atoms with Crippen molar-refractivity contribution in [1.29, 1.82) is 0 Å². The van der Waals surface area contributed by atoms with E-state index in [9.17, 15) is 13.2 Å². The molecule has 0 unspecified atom stereocenters. The molecule has 0 atom stereocenters. The molecule has 1 aliphatic heterocycles. The Balaban J connectivity index is 1.65. The molecule has 1 aliphatic rings. The molecule has 33 heavy (non-hydrogen) atoms. The maximum atomic E-state index is 12.3. The number of H-pyrrole nitrogens is 1. The fourth-order valence-electron chi connectivity index (χ4n) is 4.57. The normalized spacial score (nSPS) is 15.9. The molecular formula is C24H32N4O3S2.